The summed E-state index contributed by atoms with van der Waals surface area (Å²) < 4.78 is 6.54. The van der Waals surface area contributed by atoms with E-state index in [9.17, 15) is 9.59 Å². The minimum atomic E-state index is -1.05. The van der Waals surface area contributed by atoms with Crippen LogP contribution in [0.2, 0.25) is 0 Å². The van der Waals surface area contributed by atoms with Gasteiger partial charge in [0.25, 0.3) is 5.56 Å². The summed E-state index contributed by atoms with van der Waals surface area (Å²) in [6, 6.07) is 11.3. The number of nitrogens with zero attached hydrogens (tertiary/aromatic N) is 2. The molecule has 6 heteroatoms. The van der Waals surface area contributed by atoms with Gasteiger partial charge in [-0.15, -0.1) is 0 Å². The second-order valence-electron chi connectivity index (χ2n) is 4.66. The molecule has 2 aromatic carbocycles. The fourth-order valence-corrected chi connectivity index (χ4v) is 2.20. The molecular formula is C16H12N2O4. The molecule has 0 aliphatic rings. The van der Waals surface area contributed by atoms with E-state index in [2.05, 4.69) is 4.98 Å². The first-order valence-corrected chi connectivity index (χ1v) is 6.49. The van der Waals surface area contributed by atoms with Crippen LogP contribution in [0.3, 0.4) is 0 Å². The zero-order chi connectivity index (χ0) is 15.7. The Kier molecular flexibility index (Phi) is 3.34. The van der Waals surface area contributed by atoms with Gasteiger partial charge in [-0.2, -0.15) is 0 Å². The summed E-state index contributed by atoms with van der Waals surface area (Å²) in [7, 11) is 1.55. The summed E-state index contributed by atoms with van der Waals surface area (Å²) >= 11 is 0. The maximum absolute atomic E-state index is 12.5. The van der Waals surface area contributed by atoms with Gasteiger partial charge < -0.3 is 9.84 Å². The largest absolute Gasteiger partial charge is 0.497 e. The highest BCUT2D eigenvalue weighted by Crippen LogP contribution is 2.16. The van der Waals surface area contributed by atoms with Crippen LogP contribution in [-0.4, -0.2) is 27.7 Å². The van der Waals surface area contributed by atoms with E-state index in [0.717, 1.165) is 0 Å². The van der Waals surface area contributed by atoms with Crippen LogP contribution in [0.25, 0.3) is 16.6 Å². The topological polar surface area (TPSA) is 81.4 Å². The third-order valence-corrected chi connectivity index (χ3v) is 3.34. The van der Waals surface area contributed by atoms with Gasteiger partial charge in [0.2, 0.25) is 0 Å². The number of carboxylic acid groups (broad SMARTS) is 1. The van der Waals surface area contributed by atoms with Crippen molar-refractivity contribution in [2.24, 2.45) is 0 Å². The average molecular weight is 296 g/mol. The molecule has 0 fully saturated rings. The molecule has 0 atom stereocenters. The Hall–Kier alpha value is -3.15. The van der Waals surface area contributed by atoms with Gasteiger partial charge >= 0.3 is 5.97 Å². The van der Waals surface area contributed by atoms with Crippen molar-refractivity contribution >= 4 is 16.9 Å². The number of rotatable bonds is 3. The monoisotopic (exact) mass is 296 g/mol. The second-order valence-corrected chi connectivity index (χ2v) is 4.66. The number of hydrogen-bond acceptors (Lipinski definition) is 4. The summed E-state index contributed by atoms with van der Waals surface area (Å²) in [5, 5.41) is 9.34. The van der Waals surface area contributed by atoms with Crippen LogP contribution < -0.4 is 10.3 Å². The molecule has 1 N–H and O–H groups in total. The SMILES string of the molecule is COc1cccc(-n2cnc3cc(C(=O)O)ccc3c2=O)c1. The Morgan fingerprint density at radius 2 is 2.05 bits per heavy atom. The van der Waals surface area contributed by atoms with Crippen molar-refractivity contribution in [1.82, 2.24) is 9.55 Å². The molecular weight excluding hydrogens is 284 g/mol. The minimum absolute atomic E-state index is 0.0959. The van der Waals surface area contributed by atoms with Crippen LogP contribution >= 0.6 is 0 Å². The molecule has 3 aromatic rings. The Labute approximate surface area is 125 Å². The van der Waals surface area contributed by atoms with Crippen molar-refractivity contribution in [3.63, 3.8) is 0 Å². The van der Waals surface area contributed by atoms with Crippen molar-refractivity contribution in [1.29, 1.82) is 0 Å². The van der Waals surface area contributed by atoms with Gasteiger partial charge in [-0.1, -0.05) is 6.07 Å². The number of fused-ring (bicyclic) bond motifs is 1. The summed E-state index contributed by atoms with van der Waals surface area (Å²) in [4.78, 5) is 27.7. The van der Waals surface area contributed by atoms with Crippen LogP contribution in [0.15, 0.2) is 53.6 Å². The number of benzene rings is 2. The van der Waals surface area contributed by atoms with E-state index >= 15 is 0 Å². The first kappa shape index (κ1) is 13.8. The standard InChI is InChI=1S/C16H12N2O4/c1-22-12-4-2-3-11(8-12)18-9-17-14-7-10(16(20)21)5-6-13(14)15(18)19/h2-9H,1H3,(H,20,21). The molecule has 22 heavy (non-hydrogen) atoms. The van der Waals surface area contributed by atoms with Crippen LogP contribution in [0, 0.1) is 0 Å². The molecule has 6 nitrogen and oxygen atoms in total. The first-order valence-electron chi connectivity index (χ1n) is 6.49. The van der Waals surface area contributed by atoms with Gasteiger partial charge in [0, 0.05) is 6.07 Å². The summed E-state index contributed by atoms with van der Waals surface area (Å²) in [5.41, 5.74) is 0.804. The molecule has 0 spiro atoms. The van der Waals surface area contributed by atoms with Crippen molar-refractivity contribution in [3.05, 3.63) is 64.7 Å². The molecule has 110 valence electrons. The molecule has 0 bridgehead atoms. The zero-order valence-corrected chi connectivity index (χ0v) is 11.7. The van der Waals surface area contributed by atoms with E-state index in [4.69, 9.17) is 9.84 Å². The number of carbonyl (C=O) groups is 1. The molecule has 0 aliphatic carbocycles. The Morgan fingerprint density at radius 1 is 1.23 bits per heavy atom. The highest BCUT2D eigenvalue weighted by Gasteiger charge is 2.09. The predicted octanol–water partition coefficient (Wildman–Crippen LogP) is 2.09. The van der Waals surface area contributed by atoms with E-state index in [-0.39, 0.29) is 11.1 Å². The van der Waals surface area contributed by atoms with Crippen LogP contribution in [-0.2, 0) is 0 Å². The Bertz CT molecular complexity index is 931. The van der Waals surface area contributed by atoms with Gasteiger partial charge in [0.15, 0.2) is 0 Å². The van der Waals surface area contributed by atoms with E-state index in [0.29, 0.717) is 22.3 Å². The van der Waals surface area contributed by atoms with Crippen LogP contribution in [0.5, 0.6) is 5.75 Å². The lowest BCUT2D eigenvalue weighted by Crippen LogP contribution is -2.19. The van der Waals surface area contributed by atoms with Crippen molar-refractivity contribution in [3.8, 4) is 11.4 Å². The molecule has 3 rings (SSSR count). The maximum Gasteiger partial charge on any atom is 0.335 e. The normalized spacial score (nSPS) is 10.6. The number of hydrogen-bond donors (Lipinski definition) is 1. The van der Waals surface area contributed by atoms with E-state index in [1.165, 1.54) is 29.1 Å². The smallest absolute Gasteiger partial charge is 0.335 e. The molecule has 0 radical (unpaired) electrons. The lowest BCUT2D eigenvalue weighted by molar-refractivity contribution is 0.0697. The number of aromatic nitrogens is 2. The molecule has 1 aromatic heterocycles. The number of carboxylic acids is 1. The van der Waals surface area contributed by atoms with E-state index in [1.807, 2.05) is 0 Å². The predicted molar refractivity (Wildman–Crippen MR) is 80.9 cm³/mol. The van der Waals surface area contributed by atoms with E-state index in [1.54, 1.807) is 31.4 Å². The quantitative estimate of drug-likeness (QED) is 0.800. The summed E-state index contributed by atoms with van der Waals surface area (Å²) in [5.74, 6) is -0.425. The number of methoxy groups -OCH3 is 1. The highest BCUT2D eigenvalue weighted by atomic mass is 16.5. The Balaban J connectivity index is 2.20. The van der Waals surface area contributed by atoms with Crippen LogP contribution in [0.4, 0.5) is 0 Å². The molecule has 0 amide bonds. The molecule has 1 heterocycles. The lowest BCUT2D eigenvalue weighted by atomic mass is 10.1. The van der Waals surface area contributed by atoms with Crippen molar-refractivity contribution < 1.29 is 14.6 Å². The molecule has 0 saturated carbocycles. The van der Waals surface area contributed by atoms with Crippen molar-refractivity contribution in [2.45, 2.75) is 0 Å². The lowest BCUT2D eigenvalue weighted by Gasteiger charge is -2.08. The fraction of sp³-hybridized carbons (Fsp3) is 0.0625. The van der Waals surface area contributed by atoms with Crippen molar-refractivity contribution in [2.75, 3.05) is 7.11 Å². The van der Waals surface area contributed by atoms with Gasteiger partial charge in [0.1, 0.15) is 12.1 Å². The summed E-state index contributed by atoms with van der Waals surface area (Å²) in [6.07, 6.45) is 1.38. The van der Waals surface area contributed by atoms with Gasteiger partial charge in [-0.05, 0) is 30.3 Å². The summed E-state index contributed by atoms with van der Waals surface area (Å²) in [6.45, 7) is 0. The van der Waals surface area contributed by atoms with Crippen LogP contribution in [0.1, 0.15) is 10.4 Å². The molecule has 0 unspecified atom stereocenters. The van der Waals surface area contributed by atoms with Gasteiger partial charge in [0.05, 0.1) is 29.3 Å². The fourth-order valence-electron chi connectivity index (χ4n) is 2.20. The molecule has 0 aliphatic heterocycles. The average Bonchev–Trinajstić information content (AvgIpc) is 2.55. The first-order chi connectivity index (χ1) is 10.6. The number of ether oxygens (including phenoxy) is 1. The van der Waals surface area contributed by atoms with E-state index < -0.39 is 5.97 Å². The molecule has 0 saturated heterocycles. The zero-order valence-electron chi connectivity index (χ0n) is 11.7. The minimum Gasteiger partial charge on any atom is -0.497 e. The van der Waals surface area contributed by atoms with Gasteiger partial charge in [-0.25, -0.2) is 9.78 Å². The Morgan fingerprint density at radius 3 is 2.77 bits per heavy atom. The number of aromatic carboxylic acids is 1. The van der Waals surface area contributed by atoms with Gasteiger partial charge in [-0.3, -0.25) is 9.36 Å². The highest BCUT2D eigenvalue weighted by molar-refractivity contribution is 5.92. The maximum atomic E-state index is 12.5. The third kappa shape index (κ3) is 2.31. The third-order valence-electron chi connectivity index (χ3n) is 3.34. The second kappa shape index (κ2) is 5.33.